The summed E-state index contributed by atoms with van der Waals surface area (Å²) in [6.07, 6.45) is -10.1. The van der Waals surface area contributed by atoms with Gasteiger partial charge in [0.1, 0.15) is 5.75 Å². The molecule has 0 bridgehead atoms. The Balaban J connectivity index is 3.11. The van der Waals surface area contributed by atoms with Gasteiger partial charge in [-0.2, -0.15) is 13.2 Å². The van der Waals surface area contributed by atoms with E-state index in [0.29, 0.717) is 12.1 Å². The van der Waals surface area contributed by atoms with Gasteiger partial charge in [0, 0.05) is 11.1 Å². The van der Waals surface area contributed by atoms with E-state index in [-0.39, 0.29) is 11.3 Å². The molecule has 0 fully saturated rings. The molecule has 1 aromatic carbocycles. The predicted octanol–water partition coefficient (Wildman–Crippen LogP) is 4.16. The van der Waals surface area contributed by atoms with Crippen molar-refractivity contribution >= 4 is 5.97 Å². The first-order chi connectivity index (χ1) is 9.50. The average Bonchev–Trinajstić information content (AvgIpc) is 2.36. The first kappa shape index (κ1) is 17.1. The molecule has 8 heteroatoms. The highest BCUT2D eigenvalue weighted by Crippen LogP contribution is 2.47. The molecule has 0 spiro atoms. The average molecular weight is 312 g/mol. The highest BCUT2D eigenvalue weighted by molar-refractivity contribution is 5.88. The van der Waals surface area contributed by atoms with Crippen LogP contribution in [0.2, 0.25) is 0 Å². The van der Waals surface area contributed by atoms with Crippen molar-refractivity contribution in [2.24, 2.45) is 0 Å². The van der Waals surface area contributed by atoms with E-state index in [9.17, 15) is 31.1 Å². The Morgan fingerprint density at radius 1 is 1.14 bits per heavy atom. The molecule has 0 saturated heterocycles. The second kappa shape index (κ2) is 5.79. The zero-order chi connectivity index (χ0) is 16.4. The van der Waals surface area contributed by atoms with Crippen LogP contribution in [-0.4, -0.2) is 18.6 Å². The number of hydrogen-bond donors (Lipinski definition) is 0. The second-order valence-electron chi connectivity index (χ2n) is 4.20. The molecule has 0 aliphatic rings. The van der Waals surface area contributed by atoms with Crippen molar-refractivity contribution in [3.05, 3.63) is 42.0 Å². The Hall–Kier alpha value is -1.99. The molecule has 0 heterocycles. The van der Waals surface area contributed by atoms with Gasteiger partial charge in [-0.15, -0.1) is 0 Å². The Kier molecular flexibility index (Phi) is 4.70. The van der Waals surface area contributed by atoms with Crippen LogP contribution < -0.4 is 4.74 Å². The van der Waals surface area contributed by atoms with E-state index in [1.54, 1.807) is 0 Å². The molecular formula is C13H10F6O2. The van der Waals surface area contributed by atoms with Crippen LogP contribution in [0.4, 0.5) is 26.3 Å². The maximum Gasteiger partial charge on any atom is 0.432 e. The number of alkyl halides is 6. The lowest BCUT2D eigenvalue weighted by Crippen LogP contribution is -2.44. The fourth-order valence-corrected chi connectivity index (χ4v) is 1.37. The minimum Gasteiger partial charge on any atom is -0.423 e. The summed E-state index contributed by atoms with van der Waals surface area (Å²) in [5.74, 6) is -1.07. The van der Waals surface area contributed by atoms with E-state index in [2.05, 4.69) is 11.3 Å². The van der Waals surface area contributed by atoms with E-state index >= 15 is 0 Å². The van der Waals surface area contributed by atoms with Crippen LogP contribution in [0.3, 0.4) is 0 Å². The van der Waals surface area contributed by atoms with Crippen LogP contribution in [0.5, 0.6) is 5.75 Å². The molecule has 0 radical (unpaired) electrons. The summed E-state index contributed by atoms with van der Waals surface area (Å²) < 4.78 is 80.8. The first-order valence-electron chi connectivity index (χ1n) is 5.52. The summed E-state index contributed by atoms with van der Waals surface area (Å²) in [7, 11) is 0. The third-order valence-electron chi connectivity index (χ3n) is 2.55. The molecule has 1 rings (SSSR count). The third kappa shape index (κ3) is 3.37. The molecule has 21 heavy (non-hydrogen) atoms. The fourth-order valence-electron chi connectivity index (χ4n) is 1.37. The van der Waals surface area contributed by atoms with E-state index < -0.39 is 29.8 Å². The van der Waals surface area contributed by atoms with Gasteiger partial charge in [-0.25, -0.2) is 18.0 Å². The molecule has 0 aliphatic heterocycles. The van der Waals surface area contributed by atoms with Gasteiger partial charge in [-0.05, 0) is 19.1 Å². The number of benzene rings is 1. The van der Waals surface area contributed by atoms with Crippen LogP contribution in [0.1, 0.15) is 12.5 Å². The number of carbonyl (C=O) groups excluding carboxylic acids is 1. The van der Waals surface area contributed by atoms with Gasteiger partial charge >= 0.3 is 12.1 Å². The molecular weight excluding hydrogens is 302 g/mol. The summed E-state index contributed by atoms with van der Waals surface area (Å²) in [6, 6.07) is 2.55. The molecule has 1 atom stereocenters. The van der Waals surface area contributed by atoms with Crippen molar-refractivity contribution in [1.82, 2.24) is 0 Å². The highest BCUT2D eigenvalue weighted by atomic mass is 19.4. The standard InChI is InChI=1S/C13H10F6O2/c1-7(2)10(20)21-9-5-3-8(4-6-9)12(16,11(14)15)13(17,18)19/h3-6,11H,1H2,2H3. The SMILES string of the molecule is C=C(C)C(=O)Oc1ccc(C(F)(C(F)F)C(F)(F)F)cc1. The van der Waals surface area contributed by atoms with Crippen molar-refractivity contribution in [3.8, 4) is 5.75 Å². The lowest BCUT2D eigenvalue weighted by Gasteiger charge is -2.27. The van der Waals surface area contributed by atoms with Crippen LogP contribution in [0.15, 0.2) is 36.4 Å². The first-order valence-corrected chi connectivity index (χ1v) is 5.52. The summed E-state index contributed by atoms with van der Waals surface area (Å²) in [4.78, 5) is 11.2. The summed E-state index contributed by atoms with van der Waals surface area (Å²) >= 11 is 0. The van der Waals surface area contributed by atoms with Gasteiger partial charge in [0.25, 0.3) is 12.1 Å². The van der Waals surface area contributed by atoms with Gasteiger partial charge < -0.3 is 4.74 Å². The summed E-state index contributed by atoms with van der Waals surface area (Å²) in [5.41, 5.74) is -6.04. The number of rotatable bonds is 4. The van der Waals surface area contributed by atoms with Gasteiger partial charge in [-0.3, -0.25) is 0 Å². The van der Waals surface area contributed by atoms with Crippen LogP contribution in [-0.2, 0) is 10.5 Å². The van der Waals surface area contributed by atoms with Crippen LogP contribution >= 0.6 is 0 Å². The Morgan fingerprint density at radius 2 is 1.62 bits per heavy atom. The molecule has 0 aromatic heterocycles. The van der Waals surface area contributed by atoms with E-state index in [4.69, 9.17) is 0 Å². The molecule has 116 valence electrons. The number of hydrogen-bond acceptors (Lipinski definition) is 2. The molecule has 1 unspecified atom stereocenters. The smallest absolute Gasteiger partial charge is 0.423 e. The number of halogens is 6. The van der Waals surface area contributed by atoms with Crippen LogP contribution in [0.25, 0.3) is 0 Å². The van der Waals surface area contributed by atoms with E-state index in [0.717, 1.165) is 12.1 Å². The van der Waals surface area contributed by atoms with Gasteiger partial charge in [0.15, 0.2) is 0 Å². The zero-order valence-corrected chi connectivity index (χ0v) is 10.7. The van der Waals surface area contributed by atoms with Crippen molar-refractivity contribution in [2.75, 3.05) is 0 Å². The number of carbonyl (C=O) groups is 1. The molecule has 0 N–H and O–H groups in total. The molecule has 0 aliphatic carbocycles. The van der Waals surface area contributed by atoms with Crippen molar-refractivity contribution < 1.29 is 35.9 Å². The fraction of sp³-hybridized carbons (Fsp3) is 0.308. The normalized spacial score (nSPS) is 14.7. The third-order valence-corrected chi connectivity index (χ3v) is 2.55. The minimum absolute atomic E-state index is 0.0294. The Labute approximate surface area is 116 Å². The second-order valence-corrected chi connectivity index (χ2v) is 4.20. The maximum absolute atomic E-state index is 13.7. The minimum atomic E-state index is -5.78. The highest BCUT2D eigenvalue weighted by Gasteiger charge is 2.63. The summed E-state index contributed by atoms with van der Waals surface area (Å²) in [5, 5.41) is 0. The topological polar surface area (TPSA) is 26.3 Å². The molecule has 1 aromatic rings. The largest absolute Gasteiger partial charge is 0.432 e. The van der Waals surface area contributed by atoms with E-state index in [1.807, 2.05) is 0 Å². The van der Waals surface area contributed by atoms with Crippen molar-refractivity contribution in [1.29, 1.82) is 0 Å². The summed E-state index contributed by atoms with van der Waals surface area (Å²) in [6.45, 7) is 4.62. The monoisotopic (exact) mass is 312 g/mol. The lowest BCUT2D eigenvalue weighted by atomic mass is 9.95. The molecule has 0 amide bonds. The van der Waals surface area contributed by atoms with Crippen molar-refractivity contribution in [3.63, 3.8) is 0 Å². The number of esters is 1. The Bertz CT molecular complexity index is 535. The zero-order valence-electron chi connectivity index (χ0n) is 10.7. The van der Waals surface area contributed by atoms with Gasteiger partial charge in [-0.1, -0.05) is 18.7 Å². The lowest BCUT2D eigenvalue weighted by molar-refractivity contribution is -0.274. The molecule has 2 nitrogen and oxygen atoms in total. The number of ether oxygens (including phenoxy) is 1. The Morgan fingerprint density at radius 3 is 1.95 bits per heavy atom. The predicted molar refractivity (Wildman–Crippen MR) is 61.7 cm³/mol. The van der Waals surface area contributed by atoms with Crippen LogP contribution in [0, 0.1) is 0 Å². The molecule has 0 saturated carbocycles. The van der Waals surface area contributed by atoms with Gasteiger partial charge in [0.05, 0.1) is 0 Å². The van der Waals surface area contributed by atoms with E-state index in [1.165, 1.54) is 6.92 Å². The quantitative estimate of drug-likeness (QED) is 0.361. The van der Waals surface area contributed by atoms with Gasteiger partial charge in [0.2, 0.25) is 0 Å². The van der Waals surface area contributed by atoms with Crippen molar-refractivity contribution in [2.45, 2.75) is 25.2 Å². The maximum atomic E-state index is 13.7.